The summed E-state index contributed by atoms with van der Waals surface area (Å²) in [6.07, 6.45) is 3.64. The number of Topliss-reactive ketones (excluding diaryl/α,β-unsaturated/α-hetero) is 1. The summed E-state index contributed by atoms with van der Waals surface area (Å²) in [5.74, 6) is 0.290. The van der Waals surface area contributed by atoms with E-state index in [1.807, 2.05) is 6.92 Å². The van der Waals surface area contributed by atoms with Gasteiger partial charge in [0.15, 0.2) is 0 Å². The minimum absolute atomic E-state index is 0.135. The smallest absolute Gasteiger partial charge is 0.146 e. The molecule has 0 aromatic heterocycles. The Morgan fingerprint density at radius 3 is 2.27 bits per heavy atom. The summed E-state index contributed by atoms with van der Waals surface area (Å²) in [6, 6.07) is 0.429. The Hall–Kier alpha value is -0.410. The van der Waals surface area contributed by atoms with Gasteiger partial charge in [-0.25, -0.2) is 0 Å². The lowest BCUT2D eigenvalue weighted by Gasteiger charge is -2.29. The molecule has 0 unspecified atom stereocenters. The largest absolute Gasteiger partial charge is 0.395 e. The quantitative estimate of drug-likeness (QED) is 0.638. The van der Waals surface area contributed by atoms with Crippen molar-refractivity contribution in [2.24, 2.45) is 0 Å². The Morgan fingerprint density at radius 2 is 1.87 bits per heavy atom. The first-order chi connectivity index (χ1) is 7.19. The first-order valence-electron chi connectivity index (χ1n) is 6.06. The highest BCUT2D eigenvalue weighted by molar-refractivity contribution is 5.80. The standard InChI is InChI=1S/C12H25NO2/c1-4-7-12(15)10-13(8-9-14)11(5-2)6-3/h11,14H,4-10H2,1-3H3. The number of carbonyl (C=O) groups is 1. The predicted molar refractivity (Wildman–Crippen MR) is 62.9 cm³/mol. The first kappa shape index (κ1) is 14.6. The fourth-order valence-electron chi connectivity index (χ4n) is 1.91. The van der Waals surface area contributed by atoms with E-state index in [1.54, 1.807) is 0 Å². The van der Waals surface area contributed by atoms with E-state index < -0.39 is 0 Å². The van der Waals surface area contributed by atoms with Gasteiger partial charge in [0.2, 0.25) is 0 Å². The fourth-order valence-corrected chi connectivity index (χ4v) is 1.91. The normalized spacial score (nSPS) is 11.3. The molecule has 0 aromatic carbocycles. The number of rotatable bonds is 9. The SMILES string of the molecule is CCCC(=O)CN(CCO)C(CC)CC. The van der Waals surface area contributed by atoms with E-state index in [1.165, 1.54) is 0 Å². The molecule has 0 spiro atoms. The molecule has 3 nitrogen and oxygen atoms in total. The van der Waals surface area contributed by atoms with Crippen molar-refractivity contribution in [3.8, 4) is 0 Å². The van der Waals surface area contributed by atoms with Gasteiger partial charge >= 0.3 is 0 Å². The molecule has 0 amide bonds. The van der Waals surface area contributed by atoms with Crippen LogP contribution in [0.25, 0.3) is 0 Å². The highest BCUT2D eigenvalue weighted by Crippen LogP contribution is 2.08. The Balaban J connectivity index is 4.18. The van der Waals surface area contributed by atoms with Crippen LogP contribution < -0.4 is 0 Å². The fraction of sp³-hybridized carbons (Fsp3) is 0.917. The predicted octanol–water partition coefficient (Wildman–Crippen LogP) is 1.84. The van der Waals surface area contributed by atoms with E-state index in [4.69, 9.17) is 5.11 Å². The van der Waals surface area contributed by atoms with Crippen molar-refractivity contribution < 1.29 is 9.90 Å². The summed E-state index contributed by atoms with van der Waals surface area (Å²) >= 11 is 0. The zero-order chi connectivity index (χ0) is 11.7. The van der Waals surface area contributed by atoms with Crippen molar-refractivity contribution in [1.29, 1.82) is 0 Å². The molecule has 3 heteroatoms. The molecular formula is C12H25NO2. The highest BCUT2D eigenvalue weighted by atomic mass is 16.3. The van der Waals surface area contributed by atoms with Gasteiger partial charge in [0, 0.05) is 19.0 Å². The second-order valence-electron chi connectivity index (χ2n) is 3.95. The van der Waals surface area contributed by atoms with Gasteiger partial charge in [0.25, 0.3) is 0 Å². The summed E-state index contributed by atoms with van der Waals surface area (Å²) < 4.78 is 0. The molecule has 0 heterocycles. The molecule has 0 fully saturated rings. The van der Waals surface area contributed by atoms with E-state index in [-0.39, 0.29) is 12.4 Å². The molecule has 0 aliphatic rings. The summed E-state index contributed by atoms with van der Waals surface area (Å²) in [5.41, 5.74) is 0. The molecule has 1 N–H and O–H groups in total. The molecule has 0 aliphatic carbocycles. The molecule has 0 bridgehead atoms. The van der Waals surface area contributed by atoms with Crippen LogP contribution in [0, 0.1) is 0 Å². The lowest BCUT2D eigenvalue weighted by Crippen LogP contribution is -2.40. The van der Waals surface area contributed by atoms with Crippen LogP contribution in [0.4, 0.5) is 0 Å². The molecule has 0 saturated heterocycles. The van der Waals surface area contributed by atoms with E-state index in [9.17, 15) is 4.79 Å². The Kier molecular flexibility index (Phi) is 8.62. The van der Waals surface area contributed by atoms with E-state index in [0.717, 1.165) is 19.3 Å². The van der Waals surface area contributed by atoms with E-state index in [0.29, 0.717) is 25.6 Å². The van der Waals surface area contributed by atoms with Crippen molar-refractivity contribution in [1.82, 2.24) is 4.90 Å². The molecule has 0 saturated carbocycles. The van der Waals surface area contributed by atoms with Crippen LogP contribution >= 0.6 is 0 Å². The molecular weight excluding hydrogens is 190 g/mol. The number of hydrogen-bond acceptors (Lipinski definition) is 3. The summed E-state index contributed by atoms with van der Waals surface area (Å²) in [6.45, 7) is 7.52. The van der Waals surface area contributed by atoms with E-state index >= 15 is 0 Å². The number of aliphatic hydroxyl groups is 1. The molecule has 0 aliphatic heterocycles. The van der Waals surface area contributed by atoms with Crippen molar-refractivity contribution in [3.05, 3.63) is 0 Å². The van der Waals surface area contributed by atoms with Crippen LogP contribution in [0.1, 0.15) is 46.5 Å². The first-order valence-corrected chi connectivity index (χ1v) is 6.06. The van der Waals surface area contributed by atoms with Crippen LogP contribution in [0.5, 0.6) is 0 Å². The maximum atomic E-state index is 11.5. The van der Waals surface area contributed by atoms with Gasteiger partial charge in [-0.05, 0) is 19.3 Å². The van der Waals surface area contributed by atoms with Crippen LogP contribution in [0.2, 0.25) is 0 Å². The monoisotopic (exact) mass is 215 g/mol. The van der Waals surface area contributed by atoms with Crippen molar-refractivity contribution in [2.45, 2.75) is 52.5 Å². The van der Waals surface area contributed by atoms with Gasteiger partial charge in [0.05, 0.1) is 13.2 Å². The molecule has 15 heavy (non-hydrogen) atoms. The average Bonchev–Trinajstić information content (AvgIpc) is 2.20. The number of ketones is 1. The number of nitrogens with zero attached hydrogens (tertiary/aromatic N) is 1. The van der Waals surface area contributed by atoms with Crippen LogP contribution in [-0.4, -0.2) is 41.5 Å². The minimum atomic E-state index is 0.135. The van der Waals surface area contributed by atoms with Gasteiger partial charge in [0.1, 0.15) is 5.78 Å². The second-order valence-corrected chi connectivity index (χ2v) is 3.95. The topological polar surface area (TPSA) is 40.5 Å². The summed E-state index contributed by atoms with van der Waals surface area (Å²) in [5, 5.41) is 8.97. The maximum absolute atomic E-state index is 11.5. The van der Waals surface area contributed by atoms with Crippen molar-refractivity contribution in [2.75, 3.05) is 19.7 Å². The number of carbonyl (C=O) groups excluding carboxylic acids is 1. The Bertz CT molecular complexity index is 167. The third-order valence-corrected chi connectivity index (χ3v) is 2.75. The van der Waals surface area contributed by atoms with Gasteiger partial charge in [-0.3, -0.25) is 9.69 Å². The average molecular weight is 215 g/mol. The molecule has 0 atom stereocenters. The molecule has 0 radical (unpaired) electrons. The Morgan fingerprint density at radius 1 is 1.27 bits per heavy atom. The highest BCUT2D eigenvalue weighted by Gasteiger charge is 2.16. The third kappa shape index (κ3) is 5.90. The minimum Gasteiger partial charge on any atom is -0.395 e. The Labute approximate surface area is 93.5 Å². The number of aliphatic hydroxyl groups excluding tert-OH is 1. The van der Waals surface area contributed by atoms with Crippen LogP contribution in [0.3, 0.4) is 0 Å². The van der Waals surface area contributed by atoms with Gasteiger partial charge in [-0.2, -0.15) is 0 Å². The lowest BCUT2D eigenvalue weighted by atomic mass is 10.1. The molecule has 90 valence electrons. The maximum Gasteiger partial charge on any atom is 0.146 e. The van der Waals surface area contributed by atoms with Crippen molar-refractivity contribution in [3.63, 3.8) is 0 Å². The summed E-state index contributed by atoms with van der Waals surface area (Å²) in [4.78, 5) is 13.7. The summed E-state index contributed by atoms with van der Waals surface area (Å²) in [7, 11) is 0. The van der Waals surface area contributed by atoms with E-state index in [2.05, 4.69) is 18.7 Å². The van der Waals surface area contributed by atoms with Gasteiger partial charge in [-0.1, -0.05) is 20.8 Å². The zero-order valence-electron chi connectivity index (χ0n) is 10.3. The lowest BCUT2D eigenvalue weighted by molar-refractivity contribution is -0.121. The van der Waals surface area contributed by atoms with Gasteiger partial charge < -0.3 is 5.11 Å². The second kappa shape index (κ2) is 8.86. The van der Waals surface area contributed by atoms with Crippen LogP contribution in [-0.2, 0) is 4.79 Å². The number of hydrogen-bond donors (Lipinski definition) is 1. The van der Waals surface area contributed by atoms with Gasteiger partial charge in [-0.15, -0.1) is 0 Å². The molecule has 0 aromatic rings. The third-order valence-electron chi connectivity index (χ3n) is 2.75. The molecule has 0 rings (SSSR count). The zero-order valence-corrected chi connectivity index (χ0v) is 10.3. The van der Waals surface area contributed by atoms with Crippen LogP contribution in [0.15, 0.2) is 0 Å². The van der Waals surface area contributed by atoms with Crippen molar-refractivity contribution >= 4 is 5.78 Å².